The Morgan fingerprint density at radius 1 is 1.36 bits per heavy atom. The van der Waals surface area contributed by atoms with Crippen molar-refractivity contribution in [1.29, 1.82) is 0 Å². The summed E-state index contributed by atoms with van der Waals surface area (Å²) in [5.74, 6) is 0. The predicted octanol–water partition coefficient (Wildman–Crippen LogP) is 4.06. The molecule has 0 atom stereocenters. The lowest BCUT2D eigenvalue weighted by Gasteiger charge is -2.21. The summed E-state index contributed by atoms with van der Waals surface area (Å²) >= 11 is 11.9. The number of aromatic nitrogens is 1. The van der Waals surface area contributed by atoms with E-state index in [0.717, 1.165) is 5.69 Å². The zero-order valence-corrected chi connectivity index (χ0v) is 10.1. The van der Waals surface area contributed by atoms with Gasteiger partial charge in [-0.2, -0.15) is 0 Å². The van der Waals surface area contributed by atoms with Crippen LogP contribution in [0.5, 0.6) is 0 Å². The molecule has 0 aliphatic heterocycles. The van der Waals surface area contributed by atoms with Crippen molar-refractivity contribution < 1.29 is 4.39 Å². The lowest BCUT2D eigenvalue weighted by atomic mass is 9.92. The fourth-order valence-electron chi connectivity index (χ4n) is 1.42. The number of alkyl halides is 1. The van der Waals surface area contributed by atoms with Gasteiger partial charge in [-0.05, 0) is 6.07 Å². The smallest absolute Gasteiger partial charge is 0.128 e. The molecule has 0 saturated carbocycles. The Labute approximate surface area is 93.8 Å². The van der Waals surface area contributed by atoms with Crippen LogP contribution in [0.4, 0.5) is 4.39 Å². The molecule has 4 heteroatoms. The van der Waals surface area contributed by atoms with Gasteiger partial charge in [-0.15, -0.1) is 0 Å². The van der Waals surface area contributed by atoms with E-state index in [-0.39, 0.29) is 12.0 Å². The zero-order valence-electron chi connectivity index (χ0n) is 8.57. The van der Waals surface area contributed by atoms with Crippen LogP contribution >= 0.6 is 23.2 Å². The average Bonchev–Trinajstić information content (AvgIpc) is 2.32. The Balaban J connectivity index is 3.22. The molecular formula is C10H14Cl2FN. The highest BCUT2D eigenvalue weighted by Gasteiger charge is 2.22. The molecule has 1 heterocycles. The van der Waals surface area contributed by atoms with E-state index in [9.17, 15) is 4.39 Å². The Bertz CT molecular complexity index is 326. The predicted molar refractivity (Wildman–Crippen MR) is 59.1 cm³/mol. The van der Waals surface area contributed by atoms with Crippen molar-refractivity contribution in [3.05, 3.63) is 21.9 Å². The second kappa shape index (κ2) is 4.11. The molecule has 0 bridgehead atoms. The van der Waals surface area contributed by atoms with Crippen molar-refractivity contribution in [2.24, 2.45) is 0 Å². The van der Waals surface area contributed by atoms with Gasteiger partial charge in [0.1, 0.15) is 11.8 Å². The number of hydrogen-bond acceptors (Lipinski definition) is 0. The molecule has 0 radical (unpaired) electrons. The fourth-order valence-corrected chi connectivity index (χ4v) is 1.85. The van der Waals surface area contributed by atoms with E-state index < -0.39 is 6.67 Å². The molecule has 0 amide bonds. The summed E-state index contributed by atoms with van der Waals surface area (Å²) in [6.45, 7) is 5.96. The molecule has 0 aliphatic rings. The summed E-state index contributed by atoms with van der Waals surface area (Å²) in [4.78, 5) is 0. The van der Waals surface area contributed by atoms with Crippen LogP contribution in [0.25, 0.3) is 0 Å². The molecular weight excluding hydrogens is 224 g/mol. The third-order valence-corrected chi connectivity index (χ3v) is 2.86. The van der Waals surface area contributed by atoms with Crippen molar-refractivity contribution >= 4 is 23.2 Å². The first-order valence-corrected chi connectivity index (χ1v) is 5.24. The maximum absolute atomic E-state index is 12.3. The molecule has 0 aromatic carbocycles. The summed E-state index contributed by atoms with van der Waals surface area (Å²) in [5.41, 5.74) is 0.886. The van der Waals surface area contributed by atoms with E-state index in [2.05, 4.69) is 0 Å². The quantitative estimate of drug-likeness (QED) is 0.732. The number of hydrogen-bond donors (Lipinski definition) is 0. The minimum atomic E-state index is -0.437. The molecule has 0 saturated heterocycles. The molecule has 1 aromatic heterocycles. The van der Waals surface area contributed by atoms with Crippen LogP contribution in [0.2, 0.25) is 10.2 Å². The average molecular weight is 238 g/mol. The minimum absolute atomic E-state index is 0.0774. The highest BCUT2D eigenvalue weighted by Crippen LogP contribution is 2.33. The van der Waals surface area contributed by atoms with Crippen LogP contribution in [0, 0.1) is 0 Å². The van der Waals surface area contributed by atoms with Crippen LogP contribution in [0.3, 0.4) is 0 Å². The summed E-state index contributed by atoms with van der Waals surface area (Å²) in [6, 6.07) is 1.81. The van der Waals surface area contributed by atoms with E-state index in [1.54, 1.807) is 10.6 Å². The van der Waals surface area contributed by atoms with Gasteiger partial charge in [0, 0.05) is 11.1 Å². The van der Waals surface area contributed by atoms with Crippen LogP contribution in [-0.2, 0) is 12.0 Å². The third-order valence-electron chi connectivity index (χ3n) is 2.06. The maximum atomic E-state index is 12.3. The topological polar surface area (TPSA) is 4.93 Å². The number of rotatable bonds is 2. The van der Waals surface area contributed by atoms with E-state index >= 15 is 0 Å². The molecule has 0 unspecified atom stereocenters. The van der Waals surface area contributed by atoms with Crippen LogP contribution in [0.1, 0.15) is 26.5 Å². The standard InChI is InChI=1S/C10H14Cl2FN/c1-10(2,3)8-6-7(11)9(12)14(8)5-4-13/h6H,4-5H2,1-3H3. The zero-order chi connectivity index (χ0) is 10.9. The van der Waals surface area contributed by atoms with E-state index in [0.29, 0.717) is 10.2 Å². The van der Waals surface area contributed by atoms with Gasteiger partial charge in [-0.1, -0.05) is 44.0 Å². The molecule has 0 spiro atoms. The summed E-state index contributed by atoms with van der Waals surface area (Å²) in [5, 5.41) is 0.916. The highest BCUT2D eigenvalue weighted by molar-refractivity contribution is 6.41. The maximum Gasteiger partial charge on any atom is 0.128 e. The Morgan fingerprint density at radius 2 is 1.93 bits per heavy atom. The van der Waals surface area contributed by atoms with Crippen molar-refractivity contribution in [2.75, 3.05) is 6.67 Å². The van der Waals surface area contributed by atoms with Gasteiger partial charge in [-0.3, -0.25) is 0 Å². The second-order valence-electron chi connectivity index (χ2n) is 4.26. The van der Waals surface area contributed by atoms with Gasteiger partial charge in [0.05, 0.1) is 11.6 Å². The Kier molecular flexibility index (Phi) is 3.49. The van der Waals surface area contributed by atoms with Crippen LogP contribution in [0.15, 0.2) is 6.07 Å². The first-order valence-electron chi connectivity index (χ1n) is 4.49. The van der Waals surface area contributed by atoms with Gasteiger partial charge in [0.25, 0.3) is 0 Å². The third kappa shape index (κ3) is 2.23. The fraction of sp³-hybridized carbons (Fsp3) is 0.600. The normalized spacial score (nSPS) is 12.1. The summed E-state index contributed by atoms with van der Waals surface area (Å²) in [7, 11) is 0. The van der Waals surface area contributed by atoms with Gasteiger partial charge in [0.15, 0.2) is 0 Å². The molecule has 1 rings (SSSR count). The van der Waals surface area contributed by atoms with Crippen LogP contribution in [-0.4, -0.2) is 11.2 Å². The van der Waals surface area contributed by atoms with Crippen molar-refractivity contribution in [3.8, 4) is 0 Å². The van der Waals surface area contributed by atoms with Gasteiger partial charge in [-0.25, -0.2) is 4.39 Å². The number of halogens is 3. The van der Waals surface area contributed by atoms with E-state index in [4.69, 9.17) is 23.2 Å². The van der Waals surface area contributed by atoms with E-state index in [1.807, 2.05) is 20.8 Å². The summed E-state index contributed by atoms with van der Waals surface area (Å²) in [6.07, 6.45) is 0. The molecule has 1 nitrogen and oxygen atoms in total. The molecule has 0 aliphatic carbocycles. The molecule has 0 N–H and O–H groups in total. The minimum Gasteiger partial charge on any atom is -0.331 e. The molecule has 1 aromatic rings. The lowest BCUT2D eigenvalue weighted by molar-refractivity contribution is 0.424. The van der Waals surface area contributed by atoms with Gasteiger partial charge in [0.2, 0.25) is 0 Å². The van der Waals surface area contributed by atoms with Crippen molar-refractivity contribution in [1.82, 2.24) is 4.57 Å². The summed E-state index contributed by atoms with van der Waals surface area (Å²) < 4.78 is 14.0. The number of nitrogens with zero attached hydrogens (tertiary/aromatic N) is 1. The largest absolute Gasteiger partial charge is 0.331 e. The van der Waals surface area contributed by atoms with Crippen molar-refractivity contribution in [3.63, 3.8) is 0 Å². The van der Waals surface area contributed by atoms with Crippen molar-refractivity contribution in [2.45, 2.75) is 32.7 Å². The van der Waals surface area contributed by atoms with E-state index in [1.165, 1.54) is 0 Å². The monoisotopic (exact) mass is 237 g/mol. The first-order chi connectivity index (χ1) is 6.38. The van der Waals surface area contributed by atoms with Crippen LogP contribution < -0.4 is 0 Å². The molecule has 0 fully saturated rings. The first kappa shape index (κ1) is 11.9. The highest BCUT2D eigenvalue weighted by atomic mass is 35.5. The van der Waals surface area contributed by atoms with Gasteiger partial charge < -0.3 is 4.57 Å². The molecule has 80 valence electrons. The second-order valence-corrected chi connectivity index (χ2v) is 5.02. The Hall–Kier alpha value is -0.210. The Morgan fingerprint density at radius 3 is 2.36 bits per heavy atom. The SMILES string of the molecule is CC(C)(C)c1cc(Cl)c(Cl)n1CCF. The van der Waals surface area contributed by atoms with Gasteiger partial charge >= 0.3 is 0 Å². The molecule has 14 heavy (non-hydrogen) atoms. The lowest BCUT2D eigenvalue weighted by Crippen LogP contribution is -2.18.